The number of rotatable bonds is 9. The summed E-state index contributed by atoms with van der Waals surface area (Å²) in [5.41, 5.74) is 0.867. The van der Waals surface area contributed by atoms with Crippen LogP contribution in [0.15, 0.2) is 29.2 Å². The van der Waals surface area contributed by atoms with Gasteiger partial charge in [0.15, 0.2) is 0 Å². The molecule has 0 amide bonds. The van der Waals surface area contributed by atoms with E-state index in [1.54, 1.807) is 12.1 Å². The molecule has 1 aromatic rings. The largest absolute Gasteiger partial charge is 0.481 e. The third-order valence-electron chi connectivity index (χ3n) is 13.8. The van der Waals surface area contributed by atoms with Crippen molar-refractivity contribution < 1.29 is 18.3 Å². The molecule has 1 spiro atoms. The van der Waals surface area contributed by atoms with Gasteiger partial charge in [-0.15, -0.1) is 0 Å². The molecule has 42 heavy (non-hydrogen) atoms. The predicted molar refractivity (Wildman–Crippen MR) is 167 cm³/mol. The van der Waals surface area contributed by atoms with Crippen LogP contribution in [0, 0.1) is 59.2 Å². The van der Waals surface area contributed by atoms with Crippen molar-refractivity contribution in [3.05, 3.63) is 29.8 Å². The molecule has 1 unspecified atom stereocenters. The molecular formula is C36H55NO4S. The van der Waals surface area contributed by atoms with Crippen molar-refractivity contribution in [1.29, 1.82) is 0 Å². The van der Waals surface area contributed by atoms with Crippen molar-refractivity contribution in [2.75, 3.05) is 0 Å². The Kier molecular flexibility index (Phi) is 7.73. The van der Waals surface area contributed by atoms with E-state index >= 15 is 0 Å². The average molecular weight is 598 g/mol. The van der Waals surface area contributed by atoms with E-state index in [2.05, 4.69) is 34.6 Å². The summed E-state index contributed by atoms with van der Waals surface area (Å²) in [6, 6.07) is 7.34. The Labute approximate surface area is 255 Å². The van der Waals surface area contributed by atoms with Crippen LogP contribution in [-0.4, -0.2) is 35.4 Å². The van der Waals surface area contributed by atoms with Crippen LogP contribution in [-0.2, 0) is 14.8 Å². The normalized spacial score (nSPS) is 43.2. The SMILES string of the molecule is Cc1ccc(S(=O)(=O)N2[C@H]3C[C@H]4[C@@H]5CC[C@H]([C@H](C)CCCC(C)C)[C@@]5(C)CC[C@@H]4[C@@]4(C)CC[C@H](CC(=O)O)C[C@]324)cc1. The van der Waals surface area contributed by atoms with E-state index in [1.807, 2.05) is 23.4 Å². The van der Waals surface area contributed by atoms with E-state index in [1.165, 1.54) is 44.9 Å². The third-order valence-corrected chi connectivity index (χ3v) is 15.8. The maximum Gasteiger partial charge on any atom is 0.303 e. The first-order valence-electron chi connectivity index (χ1n) is 17.1. The van der Waals surface area contributed by atoms with Crippen LogP contribution in [0.2, 0.25) is 0 Å². The number of nitrogens with zero attached hydrogens (tertiary/aromatic N) is 1. The average Bonchev–Trinajstić information content (AvgIpc) is 3.42. The Balaban J connectivity index is 1.32. The van der Waals surface area contributed by atoms with Crippen molar-refractivity contribution in [2.45, 2.75) is 135 Å². The second-order valence-electron chi connectivity index (χ2n) is 16.3. The Morgan fingerprint density at radius 3 is 2.38 bits per heavy atom. The highest BCUT2D eigenvalue weighted by Crippen LogP contribution is 2.76. The molecule has 6 heteroatoms. The van der Waals surface area contributed by atoms with E-state index in [4.69, 9.17) is 0 Å². The number of carboxylic acids is 1. The number of aryl methyl sites for hydroxylation is 1. The van der Waals surface area contributed by atoms with Crippen LogP contribution in [0.5, 0.6) is 0 Å². The van der Waals surface area contributed by atoms with Crippen molar-refractivity contribution in [1.82, 2.24) is 4.31 Å². The van der Waals surface area contributed by atoms with Gasteiger partial charge in [0, 0.05) is 12.5 Å². The molecule has 1 aliphatic heterocycles. The standard InChI is InChI=1S/C36H55NO4S/c1-23(2)8-7-9-25(4)29-14-15-30-28-21-32-36(37(32)42(40,41)27-12-10-24(3)11-13-27)22-26(20-33(38)39)16-19-35(36,6)31(28)17-18-34(29,30)5/h10-13,23,25-26,28-32H,7-9,14-22H2,1-6H3,(H,38,39)/t25-,26-,28+,29-,30+,31+,32+,34-,35-,36-,37?/m1/s1. The monoisotopic (exact) mass is 597 g/mol. The summed E-state index contributed by atoms with van der Waals surface area (Å²) in [4.78, 5) is 12.2. The minimum absolute atomic E-state index is 0.00323. The van der Waals surface area contributed by atoms with Crippen LogP contribution >= 0.6 is 0 Å². The van der Waals surface area contributed by atoms with Crippen molar-refractivity contribution in [2.24, 2.45) is 52.3 Å². The summed E-state index contributed by atoms with van der Waals surface area (Å²) in [5.74, 6) is 3.33. The fourth-order valence-electron chi connectivity index (χ4n) is 11.8. The molecule has 4 aliphatic carbocycles. The number of fused-ring (bicyclic) bond motifs is 4. The van der Waals surface area contributed by atoms with Crippen LogP contribution in [0.3, 0.4) is 0 Å². The van der Waals surface area contributed by atoms with E-state index in [0.717, 1.165) is 42.6 Å². The smallest absolute Gasteiger partial charge is 0.303 e. The van der Waals surface area contributed by atoms with Gasteiger partial charge in [-0.3, -0.25) is 4.79 Å². The Hall–Kier alpha value is -1.40. The lowest BCUT2D eigenvalue weighted by Gasteiger charge is -2.60. The molecule has 0 radical (unpaired) electrons. The Morgan fingerprint density at radius 2 is 1.71 bits per heavy atom. The zero-order chi connectivity index (χ0) is 30.2. The molecule has 1 heterocycles. The van der Waals surface area contributed by atoms with Crippen LogP contribution in [0.4, 0.5) is 0 Å². The van der Waals surface area contributed by atoms with Gasteiger partial charge in [-0.2, -0.15) is 4.31 Å². The first-order valence-corrected chi connectivity index (χ1v) is 18.5. The molecule has 1 saturated heterocycles. The second-order valence-corrected chi connectivity index (χ2v) is 18.1. The van der Waals surface area contributed by atoms with Crippen LogP contribution in [0.25, 0.3) is 0 Å². The predicted octanol–water partition coefficient (Wildman–Crippen LogP) is 8.31. The molecule has 0 aromatic heterocycles. The minimum Gasteiger partial charge on any atom is -0.481 e. The Bertz CT molecular complexity index is 1290. The van der Waals surface area contributed by atoms with Gasteiger partial charge in [0.2, 0.25) is 10.0 Å². The van der Waals surface area contributed by atoms with Gasteiger partial charge in [-0.1, -0.05) is 71.6 Å². The molecule has 5 fully saturated rings. The fourth-order valence-corrected chi connectivity index (χ4v) is 13.9. The molecule has 5 aliphatic rings. The molecule has 1 aromatic carbocycles. The van der Waals surface area contributed by atoms with Gasteiger partial charge in [-0.25, -0.2) is 8.42 Å². The van der Waals surface area contributed by atoms with Gasteiger partial charge in [0.1, 0.15) is 0 Å². The summed E-state index contributed by atoms with van der Waals surface area (Å²) in [7, 11) is -3.67. The molecule has 5 nitrogen and oxygen atoms in total. The van der Waals surface area contributed by atoms with Crippen molar-refractivity contribution >= 4 is 16.0 Å². The lowest BCUT2D eigenvalue weighted by Crippen LogP contribution is -2.58. The lowest BCUT2D eigenvalue weighted by atomic mass is 9.43. The fraction of sp³-hybridized carbons (Fsp3) is 0.806. The van der Waals surface area contributed by atoms with Crippen LogP contribution in [0.1, 0.15) is 117 Å². The number of aliphatic carboxylic acids is 1. The van der Waals surface area contributed by atoms with Crippen molar-refractivity contribution in [3.8, 4) is 0 Å². The van der Waals surface area contributed by atoms with Gasteiger partial charge in [0.25, 0.3) is 0 Å². The highest BCUT2D eigenvalue weighted by Gasteiger charge is 2.81. The highest BCUT2D eigenvalue weighted by molar-refractivity contribution is 7.89. The maximum atomic E-state index is 14.4. The molecule has 4 saturated carbocycles. The quantitative estimate of drug-likeness (QED) is 0.291. The number of sulfonamides is 1. The van der Waals surface area contributed by atoms with E-state index in [-0.39, 0.29) is 23.8 Å². The van der Waals surface area contributed by atoms with Crippen LogP contribution < -0.4 is 0 Å². The van der Waals surface area contributed by atoms with Gasteiger partial charge in [0.05, 0.1) is 10.4 Å². The van der Waals surface area contributed by atoms with Gasteiger partial charge >= 0.3 is 5.97 Å². The molecular weight excluding hydrogens is 542 g/mol. The number of hydrogen-bond donors (Lipinski definition) is 1. The number of benzene rings is 1. The number of carboxylic acid groups (broad SMARTS) is 1. The summed E-state index contributed by atoms with van der Waals surface area (Å²) in [6.07, 6.45) is 12.7. The van der Waals surface area contributed by atoms with Gasteiger partial charge < -0.3 is 5.11 Å². The van der Waals surface area contributed by atoms with Gasteiger partial charge in [-0.05, 0) is 123 Å². The molecule has 0 bridgehead atoms. The maximum absolute atomic E-state index is 14.4. The van der Waals surface area contributed by atoms with E-state index in [9.17, 15) is 18.3 Å². The summed E-state index contributed by atoms with van der Waals surface area (Å²) in [5, 5.41) is 9.69. The molecule has 234 valence electrons. The first kappa shape index (κ1) is 30.6. The zero-order valence-electron chi connectivity index (χ0n) is 26.9. The van der Waals surface area contributed by atoms with E-state index < -0.39 is 21.5 Å². The topological polar surface area (TPSA) is 74.5 Å². The second kappa shape index (κ2) is 10.6. The van der Waals surface area contributed by atoms with E-state index in [0.29, 0.717) is 34.5 Å². The summed E-state index contributed by atoms with van der Waals surface area (Å²) in [6.45, 7) is 14.2. The van der Waals surface area contributed by atoms with Crippen molar-refractivity contribution in [3.63, 3.8) is 0 Å². The Morgan fingerprint density at radius 1 is 1.00 bits per heavy atom. The zero-order valence-corrected chi connectivity index (χ0v) is 27.8. The molecule has 6 rings (SSSR count). The summed E-state index contributed by atoms with van der Waals surface area (Å²) >= 11 is 0. The number of hydrogen-bond acceptors (Lipinski definition) is 3. The molecule has 11 atom stereocenters. The minimum atomic E-state index is -3.67. The lowest BCUT2D eigenvalue weighted by molar-refractivity contribution is -0.140. The first-order chi connectivity index (χ1) is 19.8. The number of carbonyl (C=O) groups is 1. The molecule has 1 N–H and O–H groups in total. The summed E-state index contributed by atoms with van der Waals surface area (Å²) < 4.78 is 30.7. The third kappa shape index (κ3) is 4.54. The highest BCUT2D eigenvalue weighted by atomic mass is 32.2.